The molecule has 0 bridgehead atoms. The maximum Gasteiger partial charge on any atom is 0.251 e. The number of amides is 1. The minimum absolute atomic E-state index is 0.0877. The van der Waals surface area contributed by atoms with E-state index in [-0.39, 0.29) is 11.7 Å². The number of phenols is 1. The highest BCUT2D eigenvalue weighted by Crippen LogP contribution is 2.27. The summed E-state index contributed by atoms with van der Waals surface area (Å²) >= 11 is 0. The molecule has 2 rings (SSSR count). The van der Waals surface area contributed by atoms with E-state index in [1.807, 2.05) is 0 Å². The van der Waals surface area contributed by atoms with E-state index in [0.717, 1.165) is 6.54 Å². The zero-order chi connectivity index (χ0) is 10.8. The monoisotopic (exact) mass is 205 g/mol. The highest BCUT2D eigenvalue weighted by molar-refractivity contribution is 5.96. The molecule has 0 atom stereocenters. The van der Waals surface area contributed by atoms with Crippen LogP contribution in [0.25, 0.3) is 0 Å². The van der Waals surface area contributed by atoms with E-state index in [9.17, 15) is 9.90 Å². The van der Waals surface area contributed by atoms with E-state index in [0.29, 0.717) is 17.0 Å². The van der Waals surface area contributed by atoms with Crippen LogP contribution in [0.2, 0.25) is 0 Å². The molecule has 1 aromatic carbocycles. The maximum atomic E-state index is 11.7. The predicted octanol–water partition coefficient (Wildman–Crippen LogP) is 1.84. The van der Waals surface area contributed by atoms with Gasteiger partial charge in [0.15, 0.2) is 0 Å². The molecule has 1 aliphatic rings. The summed E-state index contributed by atoms with van der Waals surface area (Å²) < 4.78 is 0. The Bertz CT molecular complexity index is 383. The normalized spacial score (nSPS) is 15.0. The molecule has 1 amide bonds. The fraction of sp³-hybridized carbons (Fsp3) is 0.417. The molecule has 0 spiro atoms. The third kappa shape index (κ3) is 2.29. The molecule has 15 heavy (non-hydrogen) atoms. The molecular weight excluding hydrogens is 190 g/mol. The molecule has 3 nitrogen and oxygen atoms in total. The van der Waals surface area contributed by atoms with Gasteiger partial charge in [0.05, 0.1) is 0 Å². The molecule has 2 N–H and O–H groups in total. The van der Waals surface area contributed by atoms with E-state index in [1.165, 1.54) is 12.8 Å². The lowest BCUT2D eigenvalue weighted by Crippen LogP contribution is -2.26. The van der Waals surface area contributed by atoms with Crippen molar-refractivity contribution in [2.45, 2.75) is 19.8 Å². The summed E-state index contributed by atoms with van der Waals surface area (Å²) in [5.41, 5.74) is 1.21. The molecular formula is C12H15NO2. The van der Waals surface area contributed by atoms with Crippen LogP contribution in [-0.4, -0.2) is 17.6 Å². The van der Waals surface area contributed by atoms with Crippen LogP contribution >= 0.6 is 0 Å². The molecule has 80 valence electrons. The molecule has 1 aromatic rings. The lowest BCUT2D eigenvalue weighted by molar-refractivity contribution is 0.0950. The first-order valence-electron chi connectivity index (χ1n) is 5.25. The topological polar surface area (TPSA) is 49.3 Å². The summed E-state index contributed by atoms with van der Waals surface area (Å²) in [6, 6.07) is 5.01. The van der Waals surface area contributed by atoms with Crippen LogP contribution < -0.4 is 5.32 Å². The number of carbonyl (C=O) groups excluding carboxylic acids is 1. The standard InChI is InChI=1S/C12H15NO2/c1-8-10(3-2-4-11(8)14)12(15)13-7-9-5-6-9/h2-4,9,14H,5-7H2,1H3,(H,13,15). The summed E-state index contributed by atoms with van der Waals surface area (Å²) in [5, 5.41) is 12.3. The van der Waals surface area contributed by atoms with Gasteiger partial charge < -0.3 is 10.4 Å². The van der Waals surface area contributed by atoms with Gasteiger partial charge in [0.25, 0.3) is 5.91 Å². The zero-order valence-electron chi connectivity index (χ0n) is 8.79. The average molecular weight is 205 g/mol. The van der Waals surface area contributed by atoms with Crippen molar-refractivity contribution in [2.24, 2.45) is 5.92 Å². The van der Waals surface area contributed by atoms with Crippen LogP contribution in [0.15, 0.2) is 18.2 Å². The van der Waals surface area contributed by atoms with Crippen molar-refractivity contribution in [3.8, 4) is 5.75 Å². The third-order valence-corrected chi connectivity index (χ3v) is 2.80. The Morgan fingerprint density at radius 2 is 2.27 bits per heavy atom. The third-order valence-electron chi connectivity index (χ3n) is 2.80. The second kappa shape index (κ2) is 3.93. The van der Waals surface area contributed by atoms with Crippen molar-refractivity contribution < 1.29 is 9.90 Å². The fourth-order valence-corrected chi connectivity index (χ4v) is 1.52. The minimum atomic E-state index is -0.0877. The van der Waals surface area contributed by atoms with Crippen molar-refractivity contribution in [3.63, 3.8) is 0 Å². The molecule has 0 saturated heterocycles. The number of carbonyl (C=O) groups is 1. The number of phenolic OH excluding ortho intramolecular Hbond substituents is 1. The number of aromatic hydroxyl groups is 1. The van der Waals surface area contributed by atoms with Gasteiger partial charge in [-0.3, -0.25) is 4.79 Å². The predicted molar refractivity (Wildman–Crippen MR) is 57.9 cm³/mol. The first kappa shape index (κ1) is 10.0. The van der Waals surface area contributed by atoms with Crippen LogP contribution in [0.3, 0.4) is 0 Å². The average Bonchev–Trinajstić information content (AvgIpc) is 3.02. The van der Waals surface area contributed by atoms with Crippen LogP contribution in [-0.2, 0) is 0 Å². The van der Waals surface area contributed by atoms with Crippen molar-refractivity contribution in [3.05, 3.63) is 29.3 Å². The number of benzene rings is 1. The van der Waals surface area contributed by atoms with Gasteiger partial charge in [-0.1, -0.05) is 6.07 Å². The lowest BCUT2D eigenvalue weighted by Gasteiger charge is -2.07. The first-order valence-corrected chi connectivity index (χ1v) is 5.25. The number of hydrogen-bond donors (Lipinski definition) is 2. The Hall–Kier alpha value is -1.51. The Morgan fingerprint density at radius 1 is 1.53 bits per heavy atom. The van der Waals surface area contributed by atoms with Gasteiger partial charge in [-0.05, 0) is 37.8 Å². The smallest absolute Gasteiger partial charge is 0.251 e. The van der Waals surface area contributed by atoms with Crippen LogP contribution in [0, 0.1) is 12.8 Å². The number of hydrogen-bond acceptors (Lipinski definition) is 2. The lowest BCUT2D eigenvalue weighted by atomic mass is 10.1. The largest absolute Gasteiger partial charge is 0.508 e. The van der Waals surface area contributed by atoms with E-state index in [2.05, 4.69) is 5.32 Å². The van der Waals surface area contributed by atoms with Crippen LogP contribution in [0.1, 0.15) is 28.8 Å². The summed E-state index contributed by atoms with van der Waals surface area (Å²) in [6.45, 7) is 2.51. The molecule has 0 radical (unpaired) electrons. The first-order chi connectivity index (χ1) is 7.18. The Kier molecular flexibility index (Phi) is 2.62. The fourth-order valence-electron chi connectivity index (χ4n) is 1.52. The quantitative estimate of drug-likeness (QED) is 0.791. The van der Waals surface area contributed by atoms with Crippen molar-refractivity contribution >= 4 is 5.91 Å². The van der Waals surface area contributed by atoms with Crippen molar-refractivity contribution in [1.29, 1.82) is 0 Å². The Balaban J connectivity index is 2.06. The van der Waals surface area contributed by atoms with Crippen molar-refractivity contribution in [2.75, 3.05) is 6.54 Å². The van der Waals surface area contributed by atoms with Crippen molar-refractivity contribution in [1.82, 2.24) is 5.32 Å². The molecule has 0 heterocycles. The van der Waals surface area contributed by atoms with Gasteiger partial charge >= 0.3 is 0 Å². The van der Waals surface area contributed by atoms with E-state index in [4.69, 9.17) is 0 Å². The van der Waals surface area contributed by atoms with Crippen LogP contribution in [0.4, 0.5) is 0 Å². The van der Waals surface area contributed by atoms with E-state index >= 15 is 0 Å². The van der Waals surface area contributed by atoms with Crippen LogP contribution in [0.5, 0.6) is 5.75 Å². The van der Waals surface area contributed by atoms with Gasteiger partial charge in [-0.2, -0.15) is 0 Å². The number of nitrogens with one attached hydrogen (secondary N) is 1. The summed E-state index contributed by atoms with van der Waals surface area (Å²) in [6.07, 6.45) is 2.44. The second-order valence-corrected chi connectivity index (χ2v) is 4.10. The molecule has 1 saturated carbocycles. The SMILES string of the molecule is Cc1c(O)cccc1C(=O)NCC1CC1. The highest BCUT2D eigenvalue weighted by Gasteiger charge is 2.22. The molecule has 3 heteroatoms. The maximum absolute atomic E-state index is 11.7. The van der Waals surface area contributed by atoms with E-state index in [1.54, 1.807) is 25.1 Å². The van der Waals surface area contributed by atoms with Gasteiger partial charge in [-0.25, -0.2) is 0 Å². The Morgan fingerprint density at radius 3 is 2.93 bits per heavy atom. The summed E-state index contributed by atoms with van der Waals surface area (Å²) in [5.74, 6) is 0.760. The minimum Gasteiger partial charge on any atom is -0.508 e. The molecule has 1 fully saturated rings. The highest BCUT2D eigenvalue weighted by atomic mass is 16.3. The molecule has 1 aliphatic carbocycles. The van der Waals surface area contributed by atoms with E-state index < -0.39 is 0 Å². The zero-order valence-corrected chi connectivity index (χ0v) is 8.79. The summed E-state index contributed by atoms with van der Waals surface area (Å²) in [4.78, 5) is 11.7. The van der Waals surface area contributed by atoms with Gasteiger partial charge in [0.1, 0.15) is 5.75 Å². The Labute approximate surface area is 89.1 Å². The summed E-state index contributed by atoms with van der Waals surface area (Å²) in [7, 11) is 0. The second-order valence-electron chi connectivity index (χ2n) is 4.10. The van der Waals surface area contributed by atoms with Gasteiger partial charge in [-0.15, -0.1) is 0 Å². The molecule has 0 aliphatic heterocycles. The van der Waals surface area contributed by atoms with Gasteiger partial charge in [0, 0.05) is 17.7 Å². The molecule has 0 unspecified atom stereocenters. The molecule has 0 aromatic heterocycles. The number of rotatable bonds is 3. The van der Waals surface area contributed by atoms with Gasteiger partial charge in [0.2, 0.25) is 0 Å².